The number of aliphatic hydroxyl groups excluding tert-OH is 1. The Balaban J connectivity index is 2.09. The summed E-state index contributed by atoms with van der Waals surface area (Å²) in [5.41, 5.74) is 2.20. The first-order valence-electron chi connectivity index (χ1n) is 6.90. The maximum Gasteiger partial charge on any atom is 0.120 e. The van der Waals surface area contributed by atoms with Crippen molar-refractivity contribution >= 4 is 0 Å². The molecule has 3 nitrogen and oxygen atoms in total. The monoisotopic (exact) mass is 249 g/mol. The zero-order chi connectivity index (χ0) is 13.0. The van der Waals surface area contributed by atoms with Gasteiger partial charge in [-0.15, -0.1) is 0 Å². The van der Waals surface area contributed by atoms with E-state index >= 15 is 0 Å². The number of hydrogen-bond donors (Lipinski definition) is 3. The van der Waals surface area contributed by atoms with Gasteiger partial charge in [-0.05, 0) is 37.3 Å². The third kappa shape index (κ3) is 3.47. The SMILES string of the molecule is CC(O)NCc1cc(C2CCCCC2)ccc1O. The van der Waals surface area contributed by atoms with E-state index in [1.54, 1.807) is 13.0 Å². The summed E-state index contributed by atoms with van der Waals surface area (Å²) in [4.78, 5) is 0. The highest BCUT2D eigenvalue weighted by Gasteiger charge is 2.16. The van der Waals surface area contributed by atoms with Crippen LogP contribution in [-0.2, 0) is 6.54 Å². The third-order valence-electron chi connectivity index (χ3n) is 3.77. The molecule has 0 aromatic heterocycles. The lowest BCUT2D eigenvalue weighted by atomic mass is 9.83. The minimum absolute atomic E-state index is 0.308. The largest absolute Gasteiger partial charge is 0.508 e. The van der Waals surface area contributed by atoms with Gasteiger partial charge in [-0.1, -0.05) is 31.4 Å². The maximum atomic E-state index is 9.82. The second kappa shape index (κ2) is 6.21. The first-order chi connectivity index (χ1) is 8.66. The van der Waals surface area contributed by atoms with Gasteiger partial charge in [0.15, 0.2) is 0 Å². The van der Waals surface area contributed by atoms with Crippen LogP contribution in [0.25, 0.3) is 0 Å². The normalized spacial score (nSPS) is 18.8. The van der Waals surface area contributed by atoms with Crippen LogP contribution in [0.4, 0.5) is 0 Å². The second-order valence-corrected chi connectivity index (χ2v) is 5.28. The van der Waals surface area contributed by atoms with Crippen molar-refractivity contribution in [3.63, 3.8) is 0 Å². The van der Waals surface area contributed by atoms with Crippen molar-refractivity contribution in [3.05, 3.63) is 29.3 Å². The summed E-state index contributed by atoms with van der Waals surface area (Å²) < 4.78 is 0. The molecule has 0 heterocycles. The first kappa shape index (κ1) is 13.4. The van der Waals surface area contributed by atoms with Crippen molar-refractivity contribution in [2.75, 3.05) is 0 Å². The summed E-state index contributed by atoms with van der Waals surface area (Å²) >= 11 is 0. The molecule has 1 aliphatic carbocycles. The maximum absolute atomic E-state index is 9.82. The molecule has 0 bridgehead atoms. The molecule has 3 heteroatoms. The topological polar surface area (TPSA) is 52.5 Å². The molecule has 0 spiro atoms. The van der Waals surface area contributed by atoms with Crippen molar-refractivity contribution in [2.45, 2.75) is 57.7 Å². The summed E-state index contributed by atoms with van der Waals surface area (Å²) in [6.07, 6.45) is 5.94. The number of aromatic hydroxyl groups is 1. The molecular formula is C15H23NO2. The molecule has 0 amide bonds. The van der Waals surface area contributed by atoms with E-state index in [4.69, 9.17) is 0 Å². The lowest BCUT2D eigenvalue weighted by Gasteiger charge is -2.23. The molecule has 0 radical (unpaired) electrons. The highest BCUT2D eigenvalue weighted by atomic mass is 16.3. The van der Waals surface area contributed by atoms with Crippen molar-refractivity contribution in [1.29, 1.82) is 0 Å². The molecule has 1 atom stereocenters. The smallest absolute Gasteiger partial charge is 0.120 e. The van der Waals surface area contributed by atoms with Gasteiger partial charge in [0.2, 0.25) is 0 Å². The van der Waals surface area contributed by atoms with Gasteiger partial charge in [-0.25, -0.2) is 0 Å². The lowest BCUT2D eigenvalue weighted by molar-refractivity contribution is 0.154. The molecule has 1 unspecified atom stereocenters. The van der Waals surface area contributed by atoms with Gasteiger partial charge in [0.05, 0.1) is 0 Å². The predicted octanol–water partition coefficient (Wildman–Crippen LogP) is 2.87. The Bertz CT molecular complexity index is 384. The Morgan fingerprint density at radius 3 is 2.67 bits per heavy atom. The highest BCUT2D eigenvalue weighted by molar-refractivity contribution is 5.37. The zero-order valence-corrected chi connectivity index (χ0v) is 11.0. The number of aliphatic hydroxyl groups is 1. The Morgan fingerprint density at radius 1 is 1.28 bits per heavy atom. The van der Waals surface area contributed by atoms with E-state index in [1.165, 1.54) is 37.7 Å². The molecule has 1 fully saturated rings. The molecule has 1 aliphatic rings. The fraction of sp³-hybridized carbons (Fsp3) is 0.600. The van der Waals surface area contributed by atoms with E-state index < -0.39 is 6.23 Å². The van der Waals surface area contributed by atoms with Crippen LogP contribution in [0.3, 0.4) is 0 Å². The molecule has 1 aromatic rings. The zero-order valence-electron chi connectivity index (χ0n) is 11.0. The standard InChI is InChI=1S/C15H23NO2/c1-11(17)16-10-14-9-13(7-8-15(14)18)12-5-3-2-4-6-12/h7-9,11-12,16-18H,2-6,10H2,1H3. The molecule has 2 rings (SSSR count). The number of hydrogen-bond acceptors (Lipinski definition) is 3. The Hall–Kier alpha value is -1.06. The van der Waals surface area contributed by atoms with Crippen LogP contribution < -0.4 is 5.32 Å². The quantitative estimate of drug-likeness (QED) is 0.719. The number of nitrogens with one attached hydrogen (secondary N) is 1. The molecule has 1 aromatic carbocycles. The second-order valence-electron chi connectivity index (χ2n) is 5.28. The molecule has 0 aliphatic heterocycles. The fourth-order valence-electron chi connectivity index (χ4n) is 2.69. The van der Waals surface area contributed by atoms with Gasteiger partial charge < -0.3 is 10.2 Å². The highest BCUT2D eigenvalue weighted by Crippen LogP contribution is 2.34. The molecule has 100 valence electrons. The van der Waals surface area contributed by atoms with Crippen LogP contribution in [0.15, 0.2) is 18.2 Å². The van der Waals surface area contributed by atoms with Crippen LogP contribution in [0, 0.1) is 0 Å². The van der Waals surface area contributed by atoms with Crippen molar-refractivity contribution in [1.82, 2.24) is 5.32 Å². The van der Waals surface area contributed by atoms with E-state index in [0.717, 1.165) is 5.56 Å². The van der Waals surface area contributed by atoms with Crippen LogP contribution in [0.2, 0.25) is 0 Å². The Morgan fingerprint density at radius 2 is 2.00 bits per heavy atom. The molecular weight excluding hydrogens is 226 g/mol. The summed E-state index contributed by atoms with van der Waals surface area (Å²) in [6, 6.07) is 5.90. The molecule has 3 N–H and O–H groups in total. The third-order valence-corrected chi connectivity index (χ3v) is 3.77. The van der Waals surface area contributed by atoms with Crippen molar-refractivity contribution in [2.24, 2.45) is 0 Å². The minimum Gasteiger partial charge on any atom is -0.508 e. The molecule has 18 heavy (non-hydrogen) atoms. The van der Waals surface area contributed by atoms with Gasteiger partial charge in [-0.3, -0.25) is 5.32 Å². The number of phenolic OH excluding ortho intramolecular Hbond substituents is 1. The van der Waals surface area contributed by atoms with E-state index in [9.17, 15) is 10.2 Å². The summed E-state index contributed by atoms with van der Waals surface area (Å²) in [5.74, 6) is 0.951. The summed E-state index contributed by atoms with van der Waals surface area (Å²) in [7, 11) is 0. The molecule has 0 saturated heterocycles. The van der Waals surface area contributed by atoms with E-state index in [1.807, 2.05) is 6.07 Å². The van der Waals surface area contributed by atoms with Crippen LogP contribution >= 0.6 is 0 Å². The Kier molecular flexibility index (Phi) is 4.61. The van der Waals surface area contributed by atoms with Crippen molar-refractivity contribution in [3.8, 4) is 5.75 Å². The van der Waals surface area contributed by atoms with Crippen LogP contribution in [-0.4, -0.2) is 16.4 Å². The van der Waals surface area contributed by atoms with Crippen LogP contribution in [0.1, 0.15) is 56.1 Å². The van der Waals surface area contributed by atoms with Gasteiger partial charge in [0.1, 0.15) is 12.0 Å². The van der Waals surface area contributed by atoms with E-state index in [-0.39, 0.29) is 0 Å². The average Bonchev–Trinajstić information content (AvgIpc) is 2.38. The predicted molar refractivity (Wildman–Crippen MR) is 72.5 cm³/mol. The fourth-order valence-corrected chi connectivity index (χ4v) is 2.69. The van der Waals surface area contributed by atoms with Gasteiger partial charge in [0.25, 0.3) is 0 Å². The van der Waals surface area contributed by atoms with Gasteiger partial charge in [-0.2, -0.15) is 0 Å². The lowest BCUT2D eigenvalue weighted by Crippen LogP contribution is -2.24. The first-order valence-corrected chi connectivity index (χ1v) is 6.90. The number of benzene rings is 1. The Labute approximate surface area is 109 Å². The van der Waals surface area contributed by atoms with Crippen molar-refractivity contribution < 1.29 is 10.2 Å². The van der Waals surface area contributed by atoms with E-state index in [0.29, 0.717) is 18.2 Å². The van der Waals surface area contributed by atoms with E-state index in [2.05, 4.69) is 11.4 Å². The summed E-state index contributed by atoms with van der Waals surface area (Å²) in [6.45, 7) is 2.19. The molecule has 1 saturated carbocycles. The van der Waals surface area contributed by atoms with Gasteiger partial charge >= 0.3 is 0 Å². The average molecular weight is 249 g/mol. The summed E-state index contributed by atoms with van der Waals surface area (Å²) in [5, 5.41) is 22.0. The number of phenols is 1. The van der Waals surface area contributed by atoms with Gasteiger partial charge in [0, 0.05) is 12.1 Å². The van der Waals surface area contributed by atoms with Crippen LogP contribution in [0.5, 0.6) is 5.75 Å². The minimum atomic E-state index is -0.553. The number of rotatable bonds is 4.